The van der Waals surface area contributed by atoms with Gasteiger partial charge < -0.3 is 15.1 Å². The summed E-state index contributed by atoms with van der Waals surface area (Å²) in [5, 5.41) is 3.29. The van der Waals surface area contributed by atoms with E-state index in [2.05, 4.69) is 31.2 Å². The Bertz CT molecular complexity index is 513. The van der Waals surface area contributed by atoms with Gasteiger partial charge in [-0.05, 0) is 46.0 Å². The van der Waals surface area contributed by atoms with Gasteiger partial charge in [0.2, 0.25) is 0 Å². The van der Waals surface area contributed by atoms with Gasteiger partial charge in [-0.1, -0.05) is 18.6 Å². The number of anilines is 1. The van der Waals surface area contributed by atoms with E-state index >= 15 is 0 Å². The Hall–Kier alpha value is -1.55. The van der Waals surface area contributed by atoms with Crippen LogP contribution in [0.25, 0.3) is 0 Å². The lowest BCUT2D eigenvalue weighted by atomic mass is 10.1. The minimum Gasteiger partial charge on any atom is -0.385 e. The molecule has 0 aromatic heterocycles. The van der Waals surface area contributed by atoms with Gasteiger partial charge in [0.15, 0.2) is 0 Å². The lowest BCUT2D eigenvalue weighted by Crippen LogP contribution is -2.36. The third-order valence-corrected chi connectivity index (χ3v) is 4.30. The van der Waals surface area contributed by atoms with E-state index in [1.54, 1.807) is 0 Å². The predicted octanol–water partition coefficient (Wildman–Crippen LogP) is 2.45. The second-order valence-corrected chi connectivity index (χ2v) is 6.30. The molecule has 4 nitrogen and oxygen atoms in total. The Labute approximate surface area is 128 Å². The average molecular weight is 289 g/mol. The zero-order chi connectivity index (χ0) is 15.6. The molecule has 0 spiro atoms. The van der Waals surface area contributed by atoms with Crippen LogP contribution in [0.2, 0.25) is 0 Å². The lowest BCUT2D eigenvalue weighted by Gasteiger charge is -2.23. The van der Waals surface area contributed by atoms with Gasteiger partial charge in [0.1, 0.15) is 0 Å². The standard InChI is InChI=1S/C17H27N3O/c1-6-18-15-8-7-12(2)9-14(15)17(21)20-10-13(3)16(11-20)19(4)5/h7-9,13,16,18H,6,10-11H2,1-5H3. The normalized spacial score (nSPS) is 21.9. The highest BCUT2D eigenvalue weighted by Gasteiger charge is 2.34. The number of amides is 1. The van der Waals surface area contributed by atoms with E-state index in [9.17, 15) is 4.79 Å². The number of hydrogen-bond donors (Lipinski definition) is 1. The average Bonchev–Trinajstić information content (AvgIpc) is 2.82. The molecule has 1 heterocycles. The van der Waals surface area contributed by atoms with E-state index < -0.39 is 0 Å². The van der Waals surface area contributed by atoms with Crippen molar-refractivity contribution >= 4 is 11.6 Å². The Balaban J connectivity index is 2.23. The van der Waals surface area contributed by atoms with E-state index in [4.69, 9.17) is 0 Å². The second-order valence-electron chi connectivity index (χ2n) is 6.30. The predicted molar refractivity (Wildman–Crippen MR) is 87.9 cm³/mol. The Kier molecular flexibility index (Phi) is 4.88. The summed E-state index contributed by atoms with van der Waals surface area (Å²) in [6.07, 6.45) is 0. The van der Waals surface area contributed by atoms with E-state index in [0.29, 0.717) is 12.0 Å². The van der Waals surface area contributed by atoms with Gasteiger partial charge in [-0.15, -0.1) is 0 Å². The molecule has 4 heteroatoms. The molecule has 21 heavy (non-hydrogen) atoms. The van der Waals surface area contributed by atoms with Crippen LogP contribution in [-0.2, 0) is 0 Å². The molecule has 116 valence electrons. The maximum atomic E-state index is 12.9. The highest BCUT2D eigenvalue weighted by Crippen LogP contribution is 2.25. The fraction of sp³-hybridized carbons (Fsp3) is 0.588. The van der Waals surface area contributed by atoms with Crippen LogP contribution >= 0.6 is 0 Å². The maximum Gasteiger partial charge on any atom is 0.256 e. The third-order valence-electron chi connectivity index (χ3n) is 4.30. The molecule has 2 atom stereocenters. The molecule has 1 aliphatic rings. The van der Waals surface area contributed by atoms with Gasteiger partial charge in [0, 0.05) is 31.4 Å². The van der Waals surface area contributed by atoms with Crippen molar-refractivity contribution in [3.63, 3.8) is 0 Å². The molecule has 1 aromatic rings. The van der Waals surface area contributed by atoms with E-state index in [0.717, 1.165) is 36.4 Å². The van der Waals surface area contributed by atoms with Gasteiger partial charge in [-0.25, -0.2) is 0 Å². The summed E-state index contributed by atoms with van der Waals surface area (Å²) in [5.74, 6) is 0.655. The molecule has 2 rings (SSSR count). The molecule has 1 amide bonds. The number of likely N-dealkylation sites (tertiary alicyclic amines) is 1. The topological polar surface area (TPSA) is 35.6 Å². The summed E-state index contributed by atoms with van der Waals surface area (Å²) >= 11 is 0. The molecule has 2 unspecified atom stereocenters. The van der Waals surface area contributed by atoms with Gasteiger partial charge in [-0.2, -0.15) is 0 Å². The first-order valence-corrected chi connectivity index (χ1v) is 7.74. The van der Waals surface area contributed by atoms with E-state index in [1.165, 1.54) is 0 Å². The minimum absolute atomic E-state index is 0.144. The lowest BCUT2D eigenvalue weighted by molar-refractivity contribution is 0.0782. The molecule has 0 bridgehead atoms. The van der Waals surface area contributed by atoms with Crippen LogP contribution in [0, 0.1) is 12.8 Å². The molecule has 1 N–H and O–H groups in total. The first-order valence-electron chi connectivity index (χ1n) is 7.74. The first kappa shape index (κ1) is 15.8. The highest BCUT2D eigenvalue weighted by molar-refractivity contribution is 6.00. The summed E-state index contributed by atoms with van der Waals surface area (Å²) in [5.41, 5.74) is 2.86. The molecule has 1 aliphatic heterocycles. The summed E-state index contributed by atoms with van der Waals surface area (Å²) in [4.78, 5) is 17.1. The number of nitrogens with zero attached hydrogens (tertiary/aromatic N) is 2. The summed E-state index contributed by atoms with van der Waals surface area (Å²) in [7, 11) is 4.18. The number of carbonyl (C=O) groups excluding carboxylic acids is 1. The van der Waals surface area contributed by atoms with Crippen molar-refractivity contribution < 1.29 is 4.79 Å². The maximum absolute atomic E-state index is 12.9. The van der Waals surface area contributed by atoms with Crippen LogP contribution in [0.15, 0.2) is 18.2 Å². The zero-order valence-corrected chi connectivity index (χ0v) is 13.8. The SMILES string of the molecule is CCNc1ccc(C)cc1C(=O)N1CC(C)C(N(C)C)C1. The van der Waals surface area contributed by atoms with Crippen LogP contribution in [0.4, 0.5) is 5.69 Å². The Morgan fingerprint density at radius 1 is 1.38 bits per heavy atom. The molecular formula is C17H27N3O. The van der Waals surface area contributed by atoms with Crippen molar-refractivity contribution in [2.24, 2.45) is 5.92 Å². The largest absolute Gasteiger partial charge is 0.385 e. The van der Waals surface area contributed by atoms with Gasteiger partial charge in [-0.3, -0.25) is 4.79 Å². The minimum atomic E-state index is 0.144. The number of rotatable bonds is 4. The van der Waals surface area contributed by atoms with Gasteiger partial charge in [0.25, 0.3) is 5.91 Å². The Morgan fingerprint density at radius 2 is 2.10 bits per heavy atom. The summed E-state index contributed by atoms with van der Waals surface area (Å²) in [6.45, 7) is 8.77. The van der Waals surface area contributed by atoms with Crippen molar-refractivity contribution in [1.82, 2.24) is 9.80 Å². The van der Waals surface area contributed by atoms with Crippen molar-refractivity contribution in [2.75, 3.05) is 39.0 Å². The van der Waals surface area contributed by atoms with Crippen LogP contribution in [0.3, 0.4) is 0 Å². The fourth-order valence-electron chi connectivity index (χ4n) is 3.14. The van der Waals surface area contributed by atoms with Crippen molar-refractivity contribution in [3.8, 4) is 0 Å². The summed E-state index contributed by atoms with van der Waals surface area (Å²) in [6, 6.07) is 6.49. The number of hydrogen-bond acceptors (Lipinski definition) is 3. The smallest absolute Gasteiger partial charge is 0.256 e. The zero-order valence-electron chi connectivity index (χ0n) is 13.8. The van der Waals surface area contributed by atoms with Crippen LogP contribution in [0.1, 0.15) is 29.8 Å². The van der Waals surface area contributed by atoms with E-state index in [-0.39, 0.29) is 5.91 Å². The molecule has 0 aliphatic carbocycles. The first-order chi connectivity index (χ1) is 9.93. The number of aryl methyl sites for hydroxylation is 1. The number of likely N-dealkylation sites (N-methyl/N-ethyl adjacent to an activating group) is 1. The van der Waals surface area contributed by atoms with Crippen LogP contribution in [-0.4, -0.2) is 55.5 Å². The van der Waals surface area contributed by atoms with Crippen molar-refractivity contribution in [3.05, 3.63) is 29.3 Å². The summed E-state index contributed by atoms with van der Waals surface area (Å²) < 4.78 is 0. The third kappa shape index (κ3) is 3.38. The molecule has 1 fully saturated rings. The molecule has 1 aromatic carbocycles. The monoisotopic (exact) mass is 289 g/mol. The molecular weight excluding hydrogens is 262 g/mol. The quantitative estimate of drug-likeness (QED) is 0.925. The number of benzene rings is 1. The van der Waals surface area contributed by atoms with Crippen LogP contribution < -0.4 is 5.32 Å². The van der Waals surface area contributed by atoms with Crippen molar-refractivity contribution in [1.29, 1.82) is 0 Å². The Morgan fingerprint density at radius 3 is 2.67 bits per heavy atom. The molecule has 0 saturated carbocycles. The molecule has 0 radical (unpaired) electrons. The van der Waals surface area contributed by atoms with E-state index in [1.807, 2.05) is 36.9 Å². The van der Waals surface area contributed by atoms with Crippen LogP contribution in [0.5, 0.6) is 0 Å². The fourth-order valence-corrected chi connectivity index (χ4v) is 3.14. The highest BCUT2D eigenvalue weighted by atomic mass is 16.2. The number of carbonyl (C=O) groups is 1. The second kappa shape index (κ2) is 6.48. The van der Waals surface area contributed by atoms with Gasteiger partial charge in [0.05, 0.1) is 5.56 Å². The van der Waals surface area contributed by atoms with Crippen molar-refractivity contribution in [2.45, 2.75) is 26.8 Å². The number of nitrogens with one attached hydrogen (secondary N) is 1. The van der Waals surface area contributed by atoms with Gasteiger partial charge >= 0.3 is 0 Å². The molecule has 1 saturated heterocycles.